The van der Waals surface area contributed by atoms with E-state index >= 15 is 0 Å². The average Bonchev–Trinajstić information content (AvgIpc) is 2.63. The highest BCUT2D eigenvalue weighted by Gasteiger charge is 2.27. The number of piperidine rings is 1. The maximum Gasteiger partial charge on any atom is 0.227 e. The number of hydrogen-bond donors (Lipinski definition) is 1. The Labute approximate surface area is 146 Å². The van der Waals surface area contributed by atoms with E-state index in [9.17, 15) is 18.0 Å². The first-order chi connectivity index (χ1) is 12.0. The van der Waals surface area contributed by atoms with Crippen molar-refractivity contribution in [2.75, 3.05) is 23.3 Å². The molecule has 1 amide bonds. The van der Waals surface area contributed by atoms with Crippen LogP contribution in [0.5, 0.6) is 0 Å². The fraction of sp³-hybridized carbons (Fsp3) is 0.312. The molecular formula is C16H14ClF3N4O. The number of nitrogens with zero attached hydrogens (tertiary/aromatic N) is 3. The van der Waals surface area contributed by atoms with Crippen LogP contribution in [0.25, 0.3) is 0 Å². The van der Waals surface area contributed by atoms with Gasteiger partial charge in [0.05, 0.1) is 5.69 Å². The van der Waals surface area contributed by atoms with Crippen molar-refractivity contribution in [3.63, 3.8) is 0 Å². The number of halogens is 4. The van der Waals surface area contributed by atoms with Crippen molar-refractivity contribution >= 4 is 29.0 Å². The van der Waals surface area contributed by atoms with Crippen molar-refractivity contribution in [1.82, 2.24) is 10.2 Å². The third kappa shape index (κ3) is 3.84. The molecule has 0 spiro atoms. The molecule has 2 heterocycles. The second kappa shape index (κ2) is 7.26. The Morgan fingerprint density at radius 3 is 2.44 bits per heavy atom. The second-order valence-electron chi connectivity index (χ2n) is 5.69. The highest BCUT2D eigenvalue weighted by molar-refractivity contribution is 6.29. The van der Waals surface area contributed by atoms with E-state index in [0.29, 0.717) is 36.9 Å². The minimum absolute atomic E-state index is 0.298. The average molecular weight is 371 g/mol. The third-order valence-corrected chi connectivity index (χ3v) is 4.30. The molecule has 1 aliphatic rings. The summed E-state index contributed by atoms with van der Waals surface area (Å²) in [6.45, 7) is 1.13. The number of carbonyl (C=O) groups is 1. The van der Waals surface area contributed by atoms with Gasteiger partial charge in [-0.1, -0.05) is 11.6 Å². The van der Waals surface area contributed by atoms with Gasteiger partial charge in [-0.05, 0) is 37.1 Å². The molecule has 25 heavy (non-hydrogen) atoms. The number of anilines is 2. The Morgan fingerprint density at radius 1 is 1.08 bits per heavy atom. The van der Waals surface area contributed by atoms with Gasteiger partial charge in [0.2, 0.25) is 5.91 Å². The van der Waals surface area contributed by atoms with Gasteiger partial charge in [0.1, 0.15) is 0 Å². The summed E-state index contributed by atoms with van der Waals surface area (Å²) in [6.07, 6.45) is 1.03. The Hall–Kier alpha value is -2.35. The van der Waals surface area contributed by atoms with Gasteiger partial charge in [-0.25, -0.2) is 13.2 Å². The molecule has 1 N–H and O–H groups in total. The molecule has 0 bridgehead atoms. The number of aromatic nitrogens is 2. The molecule has 0 aliphatic carbocycles. The van der Waals surface area contributed by atoms with Crippen LogP contribution in [0.4, 0.5) is 24.7 Å². The van der Waals surface area contributed by atoms with E-state index < -0.39 is 23.4 Å². The summed E-state index contributed by atoms with van der Waals surface area (Å²) in [5.74, 6) is -4.42. The summed E-state index contributed by atoms with van der Waals surface area (Å²) in [7, 11) is 0. The minimum atomic E-state index is -1.60. The van der Waals surface area contributed by atoms with Crippen molar-refractivity contribution in [3.05, 3.63) is 46.9 Å². The van der Waals surface area contributed by atoms with Crippen molar-refractivity contribution in [1.29, 1.82) is 0 Å². The van der Waals surface area contributed by atoms with Crippen molar-refractivity contribution in [3.8, 4) is 0 Å². The highest BCUT2D eigenvalue weighted by atomic mass is 35.5. The van der Waals surface area contributed by atoms with Crippen molar-refractivity contribution < 1.29 is 18.0 Å². The number of carbonyl (C=O) groups excluding carboxylic acids is 1. The Balaban J connectivity index is 1.60. The van der Waals surface area contributed by atoms with Crippen LogP contribution in [0.3, 0.4) is 0 Å². The van der Waals surface area contributed by atoms with E-state index in [2.05, 4.69) is 15.5 Å². The predicted octanol–water partition coefficient (Wildman–Crippen LogP) is 3.40. The molecule has 5 nitrogen and oxygen atoms in total. The van der Waals surface area contributed by atoms with Gasteiger partial charge < -0.3 is 10.2 Å². The van der Waals surface area contributed by atoms with E-state index in [1.807, 2.05) is 4.90 Å². The third-order valence-electron chi connectivity index (χ3n) is 4.10. The summed E-state index contributed by atoms with van der Waals surface area (Å²) in [5, 5.41) is 10.4. The molecular weight excluding hydrogens is 357 g/mol. The van der Waals surface area contributed by atoms with Crippen LogP contribution in [-0.2, 0) is 4.79 Å². The van der Waals surface area contributed by atoms with Gasteiger partial charge in [-0.15, -0.1) is 10.2 Å². The Bertz CT molecular complexity index is 780. The number of amides is 1. The Morgan fingerprint density at radius 2 is 1.80 bits per heavy atom. The first-order valence-corrected chi connectivity index (χ1v) is 8.02. The lowest BCUT2D eigenvalue weighted by molar-refractivity contribution is -0.120. The molecule has 1 aromatic carbocycles. The lowest BCUT2D eigenvalue weighted by Crippen LogP contribution is -2.38. The number of hydrogen-bond acceptors (Lipinski definition) is 4. The molecule has 1 aliphatic heterocycles. The largest absolute Gasteiger partial charge is 0.355 e. The molecule has 0 saturated carbocycles. The molecule has 0 atom stereocenters. The molecule has 1 aromatic heterocycles. The van der Waals surface area contributed by atoms with Crippen LogP contribution in [-0.4, -0.2) is 29.2 Å². The van der Waals surface area contributed by atoms with Gasteiger partial charge >= 0.3 is 0 Å². The molecule has 2 aromatic rings. The summed E-state index contributed by atoms with van der Waals surface area (Å²) in [6, 6.07) is 5.15. The fourth-order valence-electron chi connectivity index (χ4n) is 2.71. The van der Waals surface area contributed by atoms with E-state index in [4.69, 9.17) is 11.6 Å². The van der Waals surface area contributed by atoms with Crippen LogP contribution in [0.15, 0.2) is 24.3 Å². The van der Waals surface area contributed by atoms with Gasteiger partial charge in [0.15, 0.2) is 28.4 Å². The second-order valence-corrected chi connectivity index (χ2v) is 6.07. The maximum atomic E-state index is 13.6. The van der Waals surface area contributed by atoms with Crippen LogP contribution >= 0.6 is 11.6 Å². The van der Waals surface area contributed by atoms with Gasteiger partial charge in [-0.3, -0.25) is 4.79 Å². The first-order valence-electron chi connectivity index (χ1n) is 7.64. The summed E-state index contributed by atoms with van der Waals surface area (Å²) < 4.78 is 39.8. The number of nitrogens with one attached hydrogen (secondary N) is 1. The van der Waals surface area contributed by atoms with Crippen molar-refractivity contribution in [2.24, 2.45) is 5.92 Å². The number of rotatable bonds is 3. The first kappa shape index (κ1) is 17.5. The normalized spacial score (nSPS) is 15.3. The molecule has 0 radical (unpaired) electrons. The van der Waals surface area contributed by atoms with E-state index in [1.54, 1.807) is 12.1 Å². The minimum Gasteiger partial charge on any atom is -0.355 e. The quantitative estimate of drug-likeness (QED) is 0.841. The molecule has 132 valence electrons. The van der Waals surface area contributed by atoms with Crippen LogP contribution in [0.1, 0.15) is 12.8 Å². The molecule has 0 unspecified atom stereocenters. The maximum absolute atomic E-state index is 13.6. The summed E-state index contributed by atoms with van der Waals surface area (Å²) in [4.78, 5) is 14.2. The Kier molecular flexibility index (Phi) is 5.08. The molecule has 1 saturated heterocycles. The van der Waals surface area contributed by atoms with Gasteiger partial charge in [0.25, 0.3) is 0 Å². The van der Waals surface area contributed by atoms with Gasteiger partial charge in [0, 0.05) is 19.0 Å². The van der Waals surface area contributed by atoms with E-state index in [0.717, 1.165) is 12.1 Å². The monoisotopic (exact) mass is 370 g/mol. The smallest absolute Gasteiger partial charge is 0.227 e. The van der Waals surface area contributed by atoms with Crippen LogP contribution in [0.2, 0.25) is 5.15 Å². The van der Waals surface area contributed by atoms with Crippen LogP contribution in [0, 0.1) is 23.4 Å². The standard InChI is InChI=1S/C16H14ClF3N4O/c17-12-3-4-13(23-22-12)24-7-5-9(6-8-24)16(25)21-11-2-1-10(18)14(19)15(11)20/h1-4,9H,5-8H2,(H,21,25). The van der Waals surface area contributed by atoms with E-state index in [1.165, 1.54) is 0 Å². The molecule has 3 rings (SSSR count). The zero-order valence-electron chi connectivity index (χ0n) is 13.0. The summed E-state index contributed by atoms with van der Waals surface area (Å²) >= 11 is 5.70. The molecule has 1 fully saturated rings. The van der Waals surface area contributed by atoms with Crippen LogP contribution < -0.4 is 10.2 Å². The lowest BCUT2D eigenvalue weighted by atomic mass is 9.96. The predicted molar refractivity (Wildman–Crippen MR) is 86.9 cm³/mol. The SMILES string of the molecule is O=C(Nc1ccc(F)c(F)c1F)C1CCN(c2ccc(Cl)nn2)CC1. The lowest BCUT2D eigenvalue weighted by Gasteiger charge is -2.31. The highest BCUT2D eigenvalue weighted by Crippen LogP contribution is 2.25. The van der Waals surface area contributed by atoms with Gasteiger partial charge in [-0.2, -0.15) is 0 Å². The van der Waals surface area contributed by atoms with E-state index in [-0.39, 0.29) is 11.6 Å². The molecule has 9 heteroatoms. The summed E-state index contributed by atoms with van der Waals surface area (Å²) in [5.41, 5.74) is -0.366. The fourth-order valence-corrected chi connectivity index (χ4v) is 2.81. The number of benzene rings is 1. The van der Waals surface area contributed by atoms with Crippen molar-refractivity contribution in [2.45, 2.75) is 12.8 Å². The zero-order valence-corrected chi connectivity index (χ0v) is 13.7. The zero-order chi connectivity index (χ0) is 18.0. The topological polar surface area (TPSA) is 58.1 Å².